The van der Waals surface area contributed by atoms with Crippen LogP contribution in [0.1, 0.15) is 15.9 Å². The van der Waals surface area contributed by atoms with Gasteiger partial charge in [-0.15, -0.1) is 0 Å². The fraction of sp³-hybridized carbons (Fsp3) is 0.133. The Hall–Kier alpha value is -2.20. The highest BCUT2D eigenvalue weighted by atomic mass is 35.5. The quantitative estimate of drug-likeness (QED) is 0.889. The van der Waals surface area contributed by atoms with Gasteiger partial charge in [0.05, 0.1) is 12.8 Å². The van der Waals surface area contributed by atoms with Gasteiger partial charge in [0, 0.05) is 17.1 Å². The maximum absolute atomic E-state index is 11.0. The van der Waals surface area contributed by atoms with E-state index in [2.05, 4.69) is 5.32 Å². The Morgan fingerprint density at radius 2 is 1.95 bits per heavy atom. The van der Waals surface area contributed by atoms with E-state index in [0.29, 0.717) is 17.1 Å². The lowest BCUT2D eigenvalue weighted by Gasteiger charge is -2.11. The van der Waals surface area contributed by atoms with Gasteiger partial charge in [-0.2, -0.15) is 0 Å². The molecule has 0 unspecified atom stereocenters. The number of nitrogens with one attached hydrogen (secondary N) is 1. The van der Waals surface area contributed by atoms with E-state index in [-0.39, 0.29) is 0 Å². The number of carbonyl (C=O) groups is 1. The van der Waals surface area contributed by atoms with Crippen LogP contribution in [0.2, 0.25) is 5.02 Å². The molecule has 0 aromatic heterocycles. The molecule has 0 bridgehead atoms. The Bertz CT molecular complexity index is 612. The third-order valence-corrected chi connectivity index (χ3v) is 3.12. The van der Waals surface area contributed by atoms with Crippen molar-refractivity contribution in [2.75, 3.05) is 12.4 Å². The predicted octanol–water partition coefficient (Wildman–Crippen LogP) is 3.06. The van der Waals surface area contributed by atoms with Gasteiger partial charge >= 0.3 is 0 Å². The van der Waals surface area contributed by atoms with E-state index in [9.17, 15) is 4.79 Å². The first-order valence-corrected chi connectivity index (χ1v) is 6.44. The minimum Gasteiger partial charge on any atom is -0.495 e. The second kappa shape index (κ2) is 6.30. The van der Waals surface area contributed by atoms with Crippen molar-refractivity contribution in [3.63, 3.8) is 0 Å². The zero-order chi connectivity index (χ0) is 14.5. The molecule has 2 aromatic rings. The number of amides is 1. The van der Waals surface area contributed by atoms with Gasteiger partial charge in [0.1, 0.15) is 5.75 Å². The summed E-state index contributed by atoms with van der Waals surface area (Å²) in [5.74, 6) is 0.296. The van der Waals surface area contributed by atoms with Crippen LogP contribution in [0.4, 0.5) is 5.69 Å². The van der Waals surface area contributed by atoms with Crippen LogP contribution in [0.15, 0.2) is 42.5 Å². The number of benzene rings is 2. The third-order valence-electron chi connectivity index (χ3n) is 2.88. The normalized spacial score (nSPS) is 10.1. The first kappa shape index (κ1) is 14.2. The number of carbonyl (C=O) groups excluding carboxylic acids is 1. The second-order valence-electron chi connectivity index (χ2n) is 4.26. The zero-order valence-electron chi connectivity index (χ0n) is 11.0. The third kappa shape index (κ3) is 3.42. The van der Waals surface area contributed by atoms with Crippen molar-refractivity contribution >= 4 is 23.2 Å². The second-order valence-corrected chi connectivity index (χ2v) is 4.70. The smallest absolute Gasteiger partial charge is 0.248 e. The number of nitrogens with two attached hydrogens (primary N) is 1. The molecule has 1 amide bonds. The van der Waals surface area contributed by atoms with Crippen molar-refractivity contribution in [1.82, 2.24) is 0 Å². The van der Waals surface area contributed by atoms with Gasteiger partial charge in [-0.25, -0.2) is 0 Å². The summed E-state index contributed by atoms with van der Waals surface area (Å²) in [6.07, 6.45) is 0. The van der Waals surface area contributed by atoms with E-state index >= 15 is 0 Å². The van der Waals surface area contributed by atoms with Crippen LogP contribution >= 0.6 is 11.6 Å². The Kier molecular flexibility index (Phi) is 4.48. The fourth-order valence-corrected chi connectivity index (χ4v) is 1.97. The van der Waals surface area contributed by atoms with E-state index < -0.39 is 5.91 Å². The molecule has 0 radical (unpaired) electrons. The lowest BCUT2D eigenvalue weighted by atomic mass is 10.1. The van der Waals surface area contributed by atoms with Gasteiger partial charge in [-0.3, -0.25) is 4.79 Å². The molecule has 0 aliphatic heterocycles. The number of anilines is 1. The number of hydrogen-bond acceptors (Lipinski definition) is 3. The van der Waals surface area contributed by atoms with Gasteiger partial charge in [0.2, 0.25) is 5.91 Å². The summed E-state index contributed by atoms with van der Waals surface area (Å²) in [5, 5.41) is 3.88. The molecule has 0 fully saturated rings. The van der Waals surface area contributed by atoms with E-state index in [0.717, 1.165) is 17.0 Å². The summed E-state index contributed by atoms with van der Waals surface area (Å²) in [4.78, 5) is 11.0. The Balaban J connectivity index is 2.08. The molecular weight excluding hydrogens is 276 g/mol. The van der Waals surface area contributed by atoms with E-state index in [4.69, 9.17) is 22.1 Å². The van der Waals surface area contributed by atoms with Gasteiger partial charge in [0.25, 0.3) is 0 Å². The molecule has 0 atom stereocenters. The first-order valence-electron chi connectivity index (χ1n) is 6.06. The number of ether oxygens (including phenoxy) is 1. The molecule has 0 aliphatic carbocycles. The van der Waals surface area contributed by atoms with Gasteiger partial charge in [0.15, 0.2) is 0 Å². The Morgan fingerprint density at radius 3 is 2.55 bits per heavy atom. The SMILES string of the molecule is COc1ccc(Cl)cc1NCc1ccc(C(N)=O)cc1. The van der Waals surface area contributed by atoms with Crippen molar-refractivity contribution in [3.8, 4) is 5.75 Å². The number of methoxy groups -OCH3 is 1. The highest BCUT2D eigenvalue weighted by molar-refractivity contribution is 6.30. The molecular formula is C15H15ClN2O2. The van der Waals surface area contributed by atoms with E-state index in [1.807, 2.05) is 12.1 Å². The highest BCUT2D eigenvalue weighted by Gasteiger charge is 2.04. The minimum atomic E-state index is -0.430. The average Bonchev–Trinajstić information content (AvgIpc) is 2.45. The Labute approximate surface area is 122 Å². The van der Waals surface area contributed by atoms with Crippen LogP contribution in [-0.2, 0) is 6.54 Å². The maximum Gasteiger partial charge on any atom is 0.248 e. The van der Waals surface area contributed by atoms with Crippen molar-refractivity contribution in [3.05, 3.63) is 58.6 Å². The lowest BCUT2D eigenvalue weighted by Crippen LogP contribution is -2.10. The van der Waals surface area contributed by atoms with Crippen molar-refractivity contribution in [2.24, 2.45) is 5.73 Å². The fourth-order valence-electron chi connectivity index (χ4n) is 1.80. The van der Waals surface area contributed by atoms with Gasteiger partial charge in [-0.05, 0) is 35.9 Å². The molecule has 0 saturated carbocycles. The molecule has 0 aliphatic rings. The maximum atomic E-state index is 11.0. The summed E-state index contributed by atoms with van der Waals surface area (Å²) in [5.41, 5.74) is 7.54. The standard InChI is InChI=1S/C15H15ClN2O2/c1-20-14-7-6-12(16)8-13(14)18-9-10-2-4-11(5-3-10)15(17)19/h2-8,18H,9H2,1H3,(H2,17,19). The topological polar surface area (TPSA) is 64.3 Å². The predicted molar refractivity (Wildman–Crippen MR) is 80.3 cm³/mol. The lowest BCUT2D eigenvalue weighted by molar-refractivity contribution is 0.100. The number of rotatable bonds is 5. The molecule has 2 aromatic carbocycles. The van der Waals surface area contributed by atoms with Crippen molar-refractivity contribution in [1.29, 1.82) is 0 Å². The summed E-state index contributed by atoms with van der Waals surface area (Å²) >= 11 is 5.96. The average molecular weight is 291 g/mol. The van der Waals surface area contributed by atoms with Gasteiger partial charge < -0.3 is 15.8 Å². The van der Waals surface area contributed by atoms with Crippen LogP contribution in [0.3, 0.4) is 0 Å². The molecule has 0 saturated heterocycles. The molecule has 5 heteroatoms. The number of hydrogen-bond donors (Lipinski definition) is 2. The summed E-state index contributed by atoms with van der Waals surface area (Å²) in [7, 11) is 1.61. The number of halogens is 1. The minimum absolute atomic E-state index is 0.430. The molecule has 104 valence electrons. The molecule has 4 nitrogen and oxygen atoms in total. The van der Waals surface area contributed by atoms with Gasteiger partial charge in [-0.1, -0.05) is 23.7 Å². The van der Waals surface area contributed by atoms with E-state index in [1.54, 1.807) is 37.4 Å². The van der Waals surface area contributed by atoms with Crippen LogP contribution < -0.4 is 15.8 Å². The molecule has 20 heavy (non-hydrogen) atoms. The largest absolute Gasteiger partial charge is 0.495 e. The Morgan fingerprint density at radius 1 is 1.25 bits per heavy atom. The van der Waals surface area contributed by atoms with Crippen molar-refractivity contribution in [2.45, 2.75) is 6.54 Å². The summed E-state index contributed by atoms with van der Waals surface area (Å²) < 4.78 is 5.26. The van der Waals surface area contributed by atoms with Crippen LogP contribution in [0.5, 0.6) is 5.75 Å². The molecule has 0 heterocycles. The van der Waals surface area contributed by atoms with Crippen LogP contribution in [0.25, 0.3) is 0 Å². The molecule has 2 rings (SSSR count). The molecule has 0 spiro atoms. The summed E-state index contributed by atoms with van der Waals surface area (Å²) in [6, 6.07) is 12.5. The zero-order valence-corrected chi connectivity index (χ0v) is 11.8. The van der Waals surface area contributed by atoms with Crippen LogP contribution in [-0.4, -0.2) is 13.0 Å². The first-order chi connectivity index (χ1) is 9.60. The highest BCUT2D eigenvalue weighted by Crippen LogP contribution is 2.28. The monoisotopic (exact) mass is 290 g/mol. The number of primary amides is 1. The molecule has 3 N–H and O–H groups in total. The van der Waals surface area contributed by atoms with E-state index in [1.165, 1.54) is 0 Å². The summed E-state index contributed by atoms with van der Waals surface area (Å²) in [6.45, 7) is 0.593. The van der Waals surface area contributed by atoms with Crippen molar-refractivity contribution < 1.29 is 9.53 Å². The van der Waals surface area contributed by atoms with Crippen LogP contribution in [0, 0.1) is 0 Å².